The topological polar surface area (TPSA) is 47.0 Å². The van der Waals surface area contributed by atoms with Crippen molar-refractivity contribution < 1.29 is 4.74 Å². The van der Waals surface area contributed by atoms with Gasteiger partial charge >= 0.3 is 0 Å². The normalized spacial score (nSPS) is 18.4. The van der Waals surface area contributed by atoms with Gasteiger partial charge in [0.15, 0.2) is 5.82 Å². The highest BCUT2D eigenvalue weighted by molar-refractivity contribution is 5.38. The summed E-state index contributed by atoms with van der Waals surface area (Å²) in [6.45, 7) is 6.87. The zero-order chi connectivity index (χ0) is 13.2. The summed E-state index contributed by atoms with van der Waals surface area (Å²) in [6, 6.07) is 2.06. The number of anilines is 1. The molecule has 4 nitrogen and oxygen atoms in total. The summed E-state index contributed by atoms with van der Waals surface area (Å²) in [6.07, 6.45) is 3.37. The Labute approximate surface area is 109 Å². The molecule has 18 heavy (non-hydrogen) atoms. The average molecular weight is 249 g/mol. The quantitative estimate of drug-likeness (QED) is 0.841. The van der Waals surface area contributed by atoms with Crippen molar-refractivity contribution >= 4 is 5.82 Å². The number of hydrogen-bond acceptors (Lipinski definition) is 4. The van der Waals surface area contributed by atoms with E-state index in [1.165, 1.54) is 12.8 Å². The third kappa shape index (κ3) is 2.64. The molecule has 1 aromatic heterocycles. The molecule has 1 aromatic rings. The highest BCUT2D eigenvalue weighted by atomic mass is 16.5. The van der Waals surface area contributed by atoms with Gasteiger partial charge < -0.3 is 10.1 Å². The number of nitrogens with zero attached hydrogens (tertiary/aromatic N) is 2. The van der Waals surface area contributed by atoms with Crippen molar-refractivity contribution in [3.63, 3.8) is 0 Å². The van der Waals surface area contributed by atoms with Crippen molar-refractivity contribution in [2.75, 3.05) is 19.0 Å². The smallest absolute Gasteiger partial charge is 0.162 e. The van der Waals surface area contributed by atoms with E-state index < -0.39 is 0 Å². The Hall–Kier alpha value is -1.16. The largest absolute Gasteiger partial charge is 0.373 e. The Bertz CT molecular complexity index is 418. The van der Waals surface area contributed by atoms with Crippen LogP contribution in [-0.2, 0) is 10.3 Å². The predicted octanol–water partition coefficient (Wildman–Crippen LogP) is 3.06. The van der Waals surface area contributed by atoms with E-state index in [4.69, 9.17) is 9.72 Å². The minimum absolute atomic E-state index is 0.384. The maximum absolute atomic E-state index is 5.87. The molecular weight excluding hydrogens is 226 g/mol. The Kier molecular flexibility index (Phi) is 3.85. The molecule has 1 atom stereocenters. The standard InChI is InChI=1S/C14H23N3O/c1-5-14(3,18-6-2)13-16-11(10-7-8-10)9-12(15-4)17-13/h9-10H,5-8H2,1-4H3,(H,15,16,17). The fourth-order valence-corrected chi connectivity index (χ4v) is 2.06. The van der Waals surface area contributed by atoms with Gasteiger partial charge in [0, 0.05) is 31.3 Å². The van der Waals surface area contributed by atoms with Crippen molar-refractivity contribution in [1.82, 2.24) is 9.97 Å². The van der Waals surface area contributed by atoms with Crippen LogP contribution in [0.4, 0.5) is 5.82 Å². The number of rotatable bonds is 6. The van der Waals surface area contributed by atoms with Gasteiger partial charge in [-0.3, -0.25) is 0 Å². The van der Waals surface area contributed by atoms with E-state index in [1.54, 1.807) is 0 Å². The molecule has 0 spiro atoms. The van der Waals surface area contributed by atoms with Gasteiger partial charge in [-0.15, -0.1) is 0 Å². The molecule has 1 aliphatic rings. The lowest BCUT2D eigenvalue weighted by molar-refractivity contribution is -0.0390. The minimum atomic E-state index is -0.384. The molecule has 100 valence electrons. The van der Waals surface area contributed by atoms with Gasteiger partial charge in [0.25, 0.3) is 0 Å². The van der Waals surface area contributed by atoms with Crippen LogP contribution in [-0.4, -0.2) is 23.6 Å². The summed E-state index contributed by atoms with van der Waals surface area (Å²) in [5.41, 5.74) is 0.773. The van der Waals surface area contributed by atoms with Crippen molar-refractivity contribution in [2.45, 2.75) is 51.6 Å². The third-order valence-corrected chi connectivity index (χ3v) is 3.61. The molecule has 0 radical (unpaired) electrons. The lowest BCUT2D eigenvalue weighted by Crippen LogP contribution is -2.28. The first-order valence-electron chi connectivity index (χ1n) is 6.84. The van der Waals surface area contributed by atoms with Crippen LogP contribution in [0.25, 0.3) is 0 Å². The maximum Gasteiger partial charge on any atom is 0.162 e. The van der Waals surface area contributed by atoms with Crippen LogP contribution in [0.5, 0.6) is 0 Å². The summed E-state index contributed by atoms with van der Waals surface area (Å²) in [5, 5.41) is 3.12. The second-order valence-electron chi connectivity index (χ2n) is 5.04. The summed E-state index contributed by atoms with van der Waals surface area (Å²) >= 11 is 0. The lowest BCUT2D eigenvalue weighted by Gasteiger charge is -2.27. The van der Waals surface area contributed by atoms with Crippen LogP contribution in [0.1, 0.15) is 57.5 Å². The molecule has 0 amide bonds. The lowest BCUT2D eigenvalue weighted by atomic mass is 10.0. The van der Waals surface area contributed by atoms with Gasteiger partial charge in [-0.1, -0.05) is 6.92 Å². The fourth-order valence-electron chi connectivity index (χ4n) is 2.06. The Morgan fingerprint density at radius 2 is 2.11 bits per heavy atom. The molecule has 1 heterocycles. The zero-order valence-corrected chi connectivity index (χ0v) is 11.8. The number of nitrogens with one attached hydrogen (secondary N) is 1. The molecule has 1 saturated carbocycles. The first kappa shape index (κ1) is 13.3. The molecule has 0 aliphatic heterocycles. The van der Waals surface area contributed by atoms with Crippen LogP contribution < -0.4 is 5.32 Å². The molecular formula is C14H23N3O. The van der Waals surface area contributed by atoms with Gasteiger partial charge in [-0.2, -0.15) is 0 Å². The SMILES string of the molecule is CCOC(C)(CC)c1nc(NC)cc(C2CC2)n1. The van der Waals surface area contributed by atoms with E-state index in [9.17, 15) is 0 Å². The van der Waals surface area contributed by atoms with Crippen molar-refractivity contribution in [3.8, 4) is 0 Å². The van der Waals surface area contributed by atoms with Crippen molar-refractivity contribution in [3.05, 3.63) is 17.6 Å². The monoisotopic (exact) mass is 249 g/mol. The molecule has 1 aliphatic carbocycles. The summed E-state index contributed by atoms with van der Waals surface area (Å²) in [7, 11) is 1.90. The van der Waals surface area contributed by atoms with Crippen molar-refractivity contribution in [1.29, 1.82) is 0 Å². The number of hydrogen-bond donors (Lipinski definition) is 1. The van der Waals surface area contributed by atoms with Crippen LogP contribution in [0.15, 0.2) is 6.07 Å². The van der Waals surface area contributed by atoms with E-state index in [0.717, 1.165) is 23.8 Å². The Morgan fingerprint density at radius 3 is 2.61 bits per heavy atom. The highest BCUT2D eigenvalue weighted by Gasteiger charge is 2.32. The first-order chi connectivity index (χ1) is 8.62. The fraction of sp³-hybridized carbons (Fsp3) is 0.714. The van der Waals surface area contributed by atoms with E-state index >= 15 is 0 Å². The number of ether oxygens (including phenoxy) is 1. The van der Waals surface area contributed by atoms with E-state index in [2.05, 4.69) is 30.2 Å². The van der Waals surface area contributed by atoms with Crippen LogP contribution in [0.2, 0.25) is 0 Å². The molecule has 1 N–H and O–H groups in total. The summed E-state index contributed by atoms with van der Waals surface area (Å²) in [5.74, 6) is 2.32. The minimum Gasteiger partial charge on any atom is -0.373 e. The molecule has 0 saturated heterocycles. The summed E-state index contributed by atoms with van der Waals surface area (Å²) in [4.78, 5) is 9.31. The zero-order valence-electron chi connectivity index (χ0n) is 11.8. The summed E-state index contributed by atoms with van der Waals surface area (Å²) < 4.78 is 5.87. The predicted molar refractivity (Wildman–Crippen MR) is 72.8 cm³/mol. The molecule has 2 rings (SSSR count). The molecule has 1 fully saturated rings. The highest BCUT2D eigenvalue weighted by Crippen LogP contribution is 2.40. The Balaban J connectivity index is 2.38. The van der Waals surface area contributed by atoms with Gasteiger partial charge in [-0.05, 0) is 33.1 Å². The Morgan fingerprint density at radius 1 is 1.39 bits per heavy atom. The molecule has 4 heteroatoms. The third-order valence-electron chi connectivity index (χ3n) is 3.61. The van der Waals surface area contributed by atoms with E-state index in [-0.39, 0.29) is 5.60 Å². The first-order valence-corrected chi connectivity index (χ1v) is 6.84. The van der Waals surface area contributed by atoms with Crippen molar-refractivity contribution in [2.24, 2.45) is 0 Å². The van der Waals surface area contributed by atoms with Gasteiger partial charge in [0.2, 0.25) is 0 Å². The number of aromatic nitrogens is 2. The van der Waals surface area contributed by atoms with Crippen LogP contribution >= 0.6 is 0 Å². The molecule has 0 aromatic carbocycles. The second-order valence-corrected chi connectivity index (χ2v) is 5.04. The van der Waals surface area contributed by atoms with Gasteiger partial charge in [-0.25, -0.2) is 9.97 Å². The van der Waals surface area contributed by atoms with Crippen LogP contribution in [0, 0.1) is 0 Å². The van der Waals surface area contributed by atoms with E-state index in [1.807, 2.05) is 14.0 Å². The maximum atomic E-state index is 5.87. The van der Waals surface area contributed by atoms with Gasteiger partial charge in [0.1, 0.15) is 11.4 Å². The second kappa shape index (κ2) is 5.22. The molecule has 1 unspecified atom stereocenters. The average Bonchev–Trinajstić information content (AvgIpc) is 3.22. The van der Waals surface area contributed by atoms with E-state index in [0.29, 0.717) is 12.5 Å². The van der Waals surface area contributed by atoms with Gasteiger partial charge in [0.05, 0.1) is 0 Å². The molecule has 0 bridgehead atoms. The van der Waals surface area contributed by atoms with Crippen LogP contribution in [0.3, 0.4) is 0 Å².